The fourth-order valence-corrected chi connectivity index (χ4v) is 4.57. The lowest BCUT2D eigenvalue weighted by molar-refractivity contribution is 0.108. The fraction of sp³-hybridized carbons (Fsp3) is 0.222. The first-order valence-corrected chi connectivity index (χ1v) is 8.54. The van der Waals surface area contributed by atoms with E-state index in [2.05, 4.69) is 11.2 Å². The summed E-state index contributed by atoms with van der Waals surface area (Å²) in [6.07, 6.45) is 0.321. The summed E-state index contributed by atoms with van der Waals surface area (Å²) in [7, 11) is 0. The summed E-state index contributed by atoms with van der Waals surface area (Å²) >= 11 is 1.10. The van der Waals surface area contributed by atoms with Gasteiger partial charge in [0.15, 0.2) is 0 Å². The number of benzene rings is 1. The molecule has 6 nitrogen and oxygen atoms in total. The molecule has 2 aliphatic rings. The molecule has 0 radical (unpaired) electrons. The number of aryl methyl sites for hydroxylation is 1. The molecule has 1 atom stereocenters. The molecule has 2 heterocycles. The molecule has 0 bridgehead atoms. The van der Waals surface area contributed by atoms with Gasteiger partial charge in [0.05, 0.1) is 33.3 Å². The maximum Gasteiger partial charge on any atom is 0.281 e. The second-order valence-corrected chi connectivity index (χ2v) is 7.93. The molecule has 1 aliphatic carbocycles. The lowest BCUT2D eigenvalue weighted by Crippen LogP contribution is -2.35. The molecule has 1 aliphatic heterocycles. The van der Waals surface area contributed by atoms with Crippen LogP contribution in [0.2, 0.25) is 0 Å². The van der Waals surface area contributed by atoms with E-state index in [1.807, 2.05) is 26.0 Å². The van der Waals surface area contributed by atoms with E-state index in [1.54, 1.807) is 12.1 Å². The largest absolute Gasteiger partial charge is 0.397 e. The van der Waals surface area contributed by atoms with Gasteiger partial charge in [-0.05, 0) is 26.0 Å². The maximum absolute atomic E-state index is 13.1. The summed E-state index contributed by atoms with van der Waals surface area (Å²) in [4.78, 5) is 25.6. The van der Waals surface area contributed by atoms with E-state index in [-0.39, 0.29) is 22.1 Å². The van der Waals surface area contributed by atoms with E-state index in [1.165, 1.54) is 4.68 Å². The Morgan fingerprint density at radius 1 is 1.32 bits per heavy atom. The highest BCUT2D eigenvalue weighted by atomic mass is 32.2. The van der Waals surface area contributed by atoms with Crippen molar-refractivity contribution in [2.45, 2.75) is 25.0 Å². The van der Waals surface area contributed by atoms with Crippen molar-refractivity contribution in [2.75, 3.05) is 0 Å². The van der Waals surface area contributed by atoms with E-state index in [4.69, 9.17) is 5.73 Å². The van der Waals surface area contributed by atoms with E-state index in [0.29, 0.717) is 23.2 Å². The van der Waals surface area contributed by atoms with Crippen LogP contribution >= 0.6 is 11.8 Å². The number of rotatable bonds is 1. The second kappa shape index (κ2) is 5.07. The van der Waals surface area contributed by atoms with Crippen molar-refractivity contribution in [3.8, 4) is 11.8 Å². The molecule has 1 aromatic heterocycles. The minimum absolute atomic E-state index is 0.153. The molecule has 124 valence electrons. The van der Waals surface area contributed by atoms with Crippen LogP contribution in [-0.2, 0) is 4.75 Å². The topological polar surface area (TPSA) is 102 Å². The Morgan fingerprint density at radius 3 is 2.64 bits per heavy atom. The van der Waals surface area contributed by atoms with Gasteiger partial charge in [-0.25, -0.2) is 0 Å². The van der Waals surface area contributed by atoms with Gasteiger partial charge in [0.2, 0.25) is 5.12 Å². The molecule has 2 N–H and O–H groups in total. The molecule has 0 fully saturated rings. The third-order valence-electron chi connectivity index (χ3n) is 4.66. The summed E-state index contributed by atoms with van der Waals surface area (Å²) in [6.45, 7) is 3.80. The number of thioether (sulfide) groups is 1. The van der Waals surface area contributed by atoms with Gasteiger partial charge in [-0.2, -0.15) is 15.0 Å². The minimum Gasteiger partial charge on any atom is -0.397 e. The van der Waals surface area contributed by atoms with Gasteiger partial charge in [0.25, 0.3) is 5.56 Å². The van der Waals surface area contributed by atoms with Crippen molar-refractivity contribution >= 4 is 22.6 Å². The van der Waals surface area contributed by atoms with Gasteiger partial charge in [-0.3, -0.25) is 9.59 Å². The Hall–Kier alpha value is -2.85. The van der Waals surface area contributed by atoms with E-state index < -0.39 is 10.3 Å². The molecule has 7 heteroatoms. The van der Waals surface area contributed by atoms with Crippen molar-refractivity contribution in [1.29, 1.82) is 5.26 Å². The standard InChI is InChI=1S/C18H14N4O2S/c1-9-3-5-11(6-4-9)22-16(23)12-13-15(21-22)17(24)25-18(13,2)7-10(8-19)14(12)20/h3-6H,7,20H2,1-2H3/t18-/m0/s1. The molecule has 0 spiro atoms. The van der Waals surface area contributed by atoms with Gasteiger partial charge in [0.1, 0.15) is 5.69 Å². The minimum atomic E-state index is -0.672. The van der Waals surface area contributed by atoms with Crippen LogP contribution in [-0.4, -0.2) is 14.9 Å². The molecular weight excluding hydrogens is 336 g/mol. The first kappa shape index (κ1) is 15.7. The van der Waals surface area contributed by atoms with Gasteiger partial charge in [-0.15, -0.1) is 0 Å². The number of hydrogen-bond donors (Lipinski definition) is 1. The van der Waals surface area contributed by atoms with Crippen molar-refractivity contribution < 1.29 is 4.79 Å². The molecule has 0 saturated carbocycles. The molecule has 4 rings (SSSR count). The third kappa shape index (κ3) is 2.07. The van der Waals surface area contributed by atoms with Gasteiger partial charge in [-0.1, -0.05) is 29.5 Å². The summed E-state index contributed by atoms with van der Waals surface area (Å²) in [6, 6.07) is 9.34. The maximum atomic E-state index is 13.1. The number of hydrogen-bond acceptors (Lipinski definition) is 6. The zero-order valence-electron chi connectivity index (χ0n) is 13.7. The molecule has 1 aromatic carbocycles. The van der Waals surface area contributed by atoms with Gasteiger partial charge in [0, 0.05) is 12.0 Å². The number of carbonyl (C=O) groups is 1. The van der Waals surface area contributed by atoms with E-state index >= 15 is 0 Å². The average Bonchev–Trinajstić information content (AvgIpc) is 2.83. The van der Waals surface area contributed by atoms with Crippen LogP contribution in [0, 0.1) is 18.3 Å². The van der Waals surface area contributed by atoms with Crippen molar-refractivity contribution in [3.63, 3.8) is 0 Å². The summed E-state index contributed by atoms with van der Waals surface area (Å²) in [5.41, 5.74) is 8.86. The average molecular weight is 350 g/mol. The van der Waals surface area contributed by atoms with Crippen LogP contribution in [0.25, 0.3) is 11.4 Å². The predicted octanol–water partition coefficient (Wildman–Crippen LogP) is 2.24. The lowest BCUT2D eigenvalue weighted by Gasteiger charge is -2.29. The number of allylic oxidation sites excluding steroid dienone is 1. The molecule has 25 heavy (non-hydrogen) atoms. The van der Waals surface area contributed by atoms with Gasteiger partial charge >= 0.3 is 0 Å². The van der Waals surface area contributed by atoms with Crippen molar-refractivity contribution in [3.05, 3.63) is 62.6 Å². The smallest absolute Gasteiger partial charge is 0.281 e. The zero-order chi connectivity index (χ0) is 17.9. The number of carbonyl (C=O) groups excluding carboxylic acids is 1. The number of aromatic nitrogens is 2. The fourth-order valence-electron chi connectivity index (χ4n) is 3.41. The van der Waals surface area contributed by atoms with Crippen LogP contribution in [0.15, 0.2) is 34.6 Å². The molecular formula is C18H14N4O2S. The Bertz CT molecular complexity index is 1080. The highest BCUT2D eigenvalue weighted by Gasteiger charge is 2.49. The van der Waals surface area contributed by atoms with Crippen molar-refractivity contribution in [1.82, 2.24) is 9.78 Å². The Morgan fingerprint density at radius 2 is 2.00 bits per heavy atom. The van der Waals surface area contributed by atoms with Crippen LogP contribution in [0.1, 0.15) is 40.5 Å². The highest BCUT2D eigenvalue weighted by Crippen LogP contribution is 2.54. The van der Waals surface area contributed by atoms with E-state index in [9.17, 15) is 14.9 Å². The monoisotopic (exact) mass is 350 g/mol. The summed E-state index contributed by atoms with van der Waals surface area (Å²) in [5, 5.41) is 13.5. The SMILES string of the molecule is Cc1ccc(-n2nc3c4c(c2=O)C(N)=C(C#N)C[C@]4(C)SC3=O)cc1. The lowest BCUT2D eigenvalue weighted by atomic mass is 9.82. The third-order valence-corrected chi connectivity index (χ3v) is 5.83. The molecule has 2 aromatic rings. The van der Waals surface area contributed by atoms with Crippen molar-refractivity contribution in [2.24, 2.45) is 5.73 Å². The number of nitrogens with two attached hydrogens (primary N) is 1. The van der Waals surface area contributed by atoms with Crippen LogP contribution in [0.5, 0.6) is 0 Å². The number of nitrogens with zero attached hydrogens (tertiary/aromatic N) is 3. The Labute approximate surface area is 148 Å². The molecule has 0 saturated heterocycles. The Kier molecular flexibility index (Phi) is 3.18. The predicted molar refractivity (Wildman–Crippen MR) is 95.2 cm³/mol. The first-order valence-electron chi connectivity index (χ1n) is 7.73. The van der Waals surface area contributed by atoms with Crippen LogP contribution in [0.4, 0.5) is 0 Å². The summed E-state index contributed by atoms with van der Waals surface area (Å²) < 4.78 is 0.527. The highest BCUT2D eigenvalue weighted by molar-refractivity contribution is 8.15. The first-order chi connectivity index (χ1) is 11.9. The summed E-state index contributed by atoms with van der Waals surface area (Å²) in [5.74, 6) is 0. The second-order valence-electron chi connectivity index (χ2n) is 6.45. The normalized spacial score (nSPS) is 21.2. The molecule has 0 amide bonds. The zero-order valence-corrected chi connectivity index (χ0v) is 14.5. The van der Waals surface area contributed by atoms with Crippen LogP contribution in [0.3, 0.4) is 0 Å². The molecule has 0 unspecified atom stereocenters. The number of nitriles is 1. The van der Waals surface area contributed by atoms with Gasteiger partial charge < -0.3 is 5.73 Å². The van der Waals surface area contributed by atoms with E-state index in [0.717, 1.165) is 17.3 Å². The van der Waals surface area contributed by atoms with Crippen LogP contribution < -0.4 is 11.3 Å². The quantitative estimate of drug-likeness (QED) is 0.846. The Balaban J connectivity index is 2.10.